The Morgan fingerprint density at radius 3 is 2.76 bits per heavy atom. The van der Waals surface area contributed by atoms with E-state index in [9.17, 15) is 13.2 Å². The number of sulfonamides is 1. The van der Waals surface area contributed by atoms with Crippen LogP contribution >= 0.6 is 0 Å². The normalized spacial score (nSPS) is 21.9. The molecule has 2 fully saturated rings. The Balaban J connectivity index is 1.36. The zero-order chi connectivity index (χ0) is 23.7. The van der Waals surface area contributed by atoms with Crippen molar-refractivity contribution in [3.8, 4) is 0 Å². The number of likely N-dealkylation sites (tertiary alicyclic amines) is 1. The quantitative estimate of drug-likeness (QED) is 0.478. The minimum absolute atomic E-state index is 0.140. The van der Waals surface area contributed by atoms with E-state index < -0.39 is 16.1 Å². The lowest BCUT2D eigenvalue weighted by molar-refractivity contribution is -0.136. The lowest BCUT2D eigenvalue weighted by Gasteiger charge is -2.42. The van der Waals surface area contributed by atoms with Gasteiger partial charge in [-0.25, -0.2) is 8.42 Å². The van der Waals surface area contributed by atoms with Gasteiger partial charge in [0.15, 0.2) is 0 Å². The molecule has 2 aromatic heterocycles. The number of nitrogens with two attached hydrogens (primary N) is 1. The Morgan fingerprint density at radius 1 is 1.15 bits per heavy atom. The van der Waals surface area contributed by atoms with Gasteiger partial charge in [0.1, 0.15) is 11.9 Å². The predicted octanol–water partition coefficient (Wildman–Crippen LogP) is 3.33. The van der Waals surface area contributed by atoms with Crippen molar-refractivity contribution < 1.29 is 13.2 Å². The van der Waals surface area contributed by atoms with Gasteiger partial charge in [0.05, 0.1) is 4.90 Å². The smallest absolute Gasteiger partial charge is 0.241 e. The number of anilines is 1. The number of carbonyl (C=O) groups excluding carboxylic acids is 1. The van der Waals surface area contributed by atoms with E-state index >= 15 is 0 Å². The fourth-order valence-corrected chi connectivity index (χ4v) is 6.85. The van der Waals surface area contributed by atoms with Crippen molar-refractivity contribution in [2.24, 2.45) is 11.8 Å². The third-order valence-corrected chi connectivity index (χ3v) is 9.03. The number of aryl methyl sites for hydroxylation is 1. The molecule has 4 N–H and O–H groups in total. The molecule has 1 aromatic carbocycles. The standard InChI is InChI=1S/C25H33N5O3S/c26-24-6-3-13-29(24)15-11-22(25(31)30-14-10-18-4-1-2-5-20(18)17-30)28-34(32,33)21-8-7-19-9-12-27-23(19)16-21/h3,6-9,12-13,16,18,20,22,27-28H,1-2,4-5,10-11,14-15,17,26H2/t18-,20-,22?/m1/s1. The first-order valence-electron chi connectivity index (χ1n) is 12.2. The monoisotopic (exact) mass is 483 g/mol. The number of piperidine rings is 1. The van der Waals surface area contributed by atoms with Gasteiger partial charge in [-0.3, -0.25) is 4.79 Å². The molecule has 34 heavy (non-hydrogen) atoms. The third-order valence-electron chi connectivity index (χ3n) is 7.56. The molecule has 0 spiro atoms. The van der Waals surface area contributed by atoms with Crippen molar-refractivity contribution in [3.63, 3.8) is 0 Å². The minimum Gasteiger partial charge on any atom is -0.385 e. The number of aromatic nitrogens is 2. The van der Waals surface area contributed by atoms with Crippen molar-refractivity contribution in [1.29, 1.82) is 0 Å². The van der Waals surface area contributed by atoms with Crippen LogP contribution in [0.3, 0.4) is 0 Å². The summed E-state index contributed by atoms with van der Waals surface area (Å²) in [6, 6.07) is 9.63. The highest BCUT2D eigenvalue weighted by molar-refractivity contribution is 7.89. The van der Waals surface area contributed by atoms with Gasteiger partial charge in [-0.2, -0.15) is 4.72 Å². The molecule has 1 saturated carbocycles. The summed E-state index contributed by atoms with van der Waals surface area (Å²) in [7, 11) is -3.90. The third kappa shape index (κ3) is 4.72. The van der Waals surface area contributed by atoms with Crippen LogP contribution in [0.1, 0.15) is 38.5 Å². The van der Waals surface area contributed by atoms with Crippen molar-refractivity contribution in [3.05, 3.63) is 48.8 Å². The fourth-order valence-electron chi connectivity index (χ4n) is 5.60. The number of fused-ring (bicyclic) bond motifs is 2. The second-order valence-electron chi connectivity index (χ2n) is 9.69. The number of nitrogen functional groups attached to an aromatic ring is 1. The van der Waals surface area contributed by atoms with Gasteiger partial charge in [-0.05, 0) is 66.8 Å². The number of hydrogen-bond acceptors (Lipinski definition) is 4. The van der Waals surface area contributed by atoms with E-state index in [4.69, 9.17) is 5.73 Å². The van der Waals surface area contributed by atoms with Gasteiger partial charge in [-0.15, -0.1) is 0 Å². The Bertz CT molecular complexity index is 1260. The van der Waals surface area contributed by atoms with E-state index in [0.29, 0.717) is 37.2 Å². The average molecular weight is 484 g/mol. The Kier molecular flexibility index (Phi) is 6.40. The summed E-state index contributed by atoms with van der Waals surface area (Å²) in [6.45, 7) is 1.87. The molecular weight excluding hydrogens is 450 g/mol. The summed E-state index contributed by atoms with van der Waals surface area (Å²) in [5, 5.41) is 0.935. The first-order chi connectivity index (χ1) is 16.4. The highest BCUT2D eigenvalue weighted by Crippen LogP contribution is 2.36. The first kappa shape index (κ1) is 23.0. The number of aromatic amines is 1. The lowest BCUT2D eigenvalue weighted by Crippen LogP contribution is -2.53. The van der Waals surface area contributed by atoms with E-state index in [1.54, 1.807) is 30.5 Å². The van der Waals surface area contributed by atoms with Crippen molar-refractivity contribution in [1.82, 2.24) is 19.2 Å². The molecule has 1 saturated heterocycles. The molecule has 8 nitrogen and oxygen atoms in total. The number of benzene rings is 1. The molecular formula is C25H33N5O3S. The Hall–Kier alpha value is -2.78. The van der Waals surface area contributed by atoms with Gasteiger partial charge >= 0.3 is 0 Å². The molecule has 1 aliphatic carbocycles. The molecule has 1 aliphatic heterocycles. The molecule has 9 heteroatoms. The molecule has 5 rings (SSSR count). The Morgan fingerprint density at radius 2 is 1.97 bits per heavy atom. The second kappa shape index (κ2) is 9.46. The second-order valence-corrected chi connectivity index (χ2v) is 11.4. The number of hydrogen-bond donors (Lipinski definition) is 3. The summed E-state index contributed by atoms with van der Waals surface area (Å²) in [4.78, 5) is 18.7. The number of nitrogens with zero attached hydrogens (tertiary/aromatic N) is 2. The van der Waals surface area contributed by atoms with E-state index in [1.165, 1.54) is 19.3 Å². The number of H-pyrrole nitrogens is 1. The molecule has 1 unspecified atom stereocenters. The maximum atomic E-state index is 13.6. The molecule has 0 radical (unpaired) electrons. The number of nitrogens with one attached hydrogen (secondary N) is 2. The molecule has 182 valence electrons. The molecule has 2 aliphatic rings. The van der Waals surface area contributed by atoms with Crippen molar-refractivity contribution in [2.45, 2.75) is 56.0 Å². The topological polar surface area (TPSA) is 113 Å². The zero-order valence-corrected chi connectivity index (χ0v) is 20.1. The van der Waals surface area contributed by atoms with E-state index in [1.807, 2.05) is 27.8 Å². The number of carbonyl (C=O) groups is 1. The largest absolute Gasteiger partial charge is 0.385 e. The summed E-state index contributed by atoms with van der Waals surface area (Å²) in [5.41, 5.74) is 6.75. The SMILES string of the molecule is Nc1cccn1CCC(NS(=O)(=O)c1ccc2cc[nH]c2c1)C(=O)N1CC[C@H]2CCCC[C@@H]2C1. The highest BCUT2D eigenvalue weighted by Gasteiger charge is 2.36. The maximum absolute atomic E-state index is 13.6. The summed E-state index contributed by atoms with van der Waals surface area (Å²) in [5.74, 6) is 1.67. The lowest BCUT2D eigenvalue weighted by atomic mass is 9.75. The van der Waals surface area contributed by atoms with Gasteiger partial charge in [0.2, 0.25) is 15.9 Å². The van der Waals surface area contributed by atoms with Crippen LogP contribution in [0.15, 0.2) is 53.7 Å². The van der Waals surface area contributed by atoms with Crippen LogP contribution in [0.2, 0.25) is 0 Å². The Labute approximate surface area is 200 Å². The van der Waals surface area contributed by atoms with E-state index in [-0.39, 0.29) is 10.8 Å². The van der Waals surface area contributed by atoms with Crippen LogP contribution in [0.25, 0.3) is 10.9 Å². The molecule has 3 atom stereocenters. The first-order valence-corrected chi connectivity index (χ1v) is 13.7. The fraction of sp³-hybridized carbons (Fsp3) is 0.480. The van der Waals surface area contributed by atoms with Crippen LogP contribution < -0.4 is 10.5 Å². The highest BCUT2D eigenvalue weighted by atomic mass is 32.2. The van der Waals surface area contributed by atoms with Gasteiger partial charge < -0.3 is 20.2 Å². The van der Waals surface area contributed by atoms with Crippen LogP contribution in [0.5, 0.6) is 0 Å². The molecule has 3 aromatic rings. The van der Waals surface area contributed by atoms with E-state index in [0.717, 1.165) is 30.3 Å². The van der Waals surface area contributed by atoms with Crippen LogP contribution in [-0.4, -0.2) is 47.9 Å². The zero-order valence-electron chi connectivity index (χ0n) is 19.3. The van der Waals surface area contributed by atoms with Gasteiger partial charge in [0, 0.05) is 37.5 Å². The number of amides is 1. The van der Waals surface area contributed by atoms with E-state index in [2.05, 4.69) is 9.71 Å². The van der Waals surface area contributed by atoms with Crippen LogP contribution in [0, 0.1) is 11.8 Å². The van der Waals surface area contributed by atoms with Crippen molar-refractivity contribution in [2.75, 3.05) is 18.8 Å². The van der Waals surface area contributed by atoms with Gasteiger partial charge in [-0.1, -0.05) is 25.3 Å². The van der Waals surface area contributed by atoms with Gasteiger partial charge in [0.25, 0.3) is 0 Å². The summed E-state index contributed by atoms with van der Waals surface area (Å²) < 4.78 is 31.2. The number of rotatable bonds is 7. The predicted molar refractivity (Wildman–Crippen MR) is 133 cm³/mol. The summed E-state index contributed by atoms with van der Waals surface area (Å²) in [6.07, 6.45) is 9.84. The molecule has 3 heterocycles. The molecule has 0 bridgehead atoms. The molecule has 1 amide bonds. The van der Waals surface area contributed by atoms with Crippen LogP contribution in [0.4, 0.5) is 5.82 Å². The van der Waals surface area contributed by atoms with Crippen LogP contribution in [-0.2, 0) is 21.4 Å². The maximum Gasteiger partial charge on any atom is 0.241 e. The minimum atomic E-state index is -3.90. The van der Waals surface area contributed by atoms with Crippen molar-refractivity contribution >= 4 is 32.7 Å². The summed E-state index contributed by atoms with van der Waals surface area (Å²) >= 11 is 0. The average Bonchev–Trinajstić information content (AvgIpc) is 3.49.